The Morgan fingerprint density at radius 3 is 2.87 bits per heavy atom. The summed E-state index contributed by atoms with van der Waals surface area (Å²) in [4.78, 5) is 8.85. The minimum Gasteiger partial charge on any atom is -0.497 e. The molecule has 2 aromatic rings. The zero-order chi connectivity index (χ0) is 20.6. The van der Waals surface area contributed by atoms with Crippen LogP contribution >= 0.6 is 24.0 Å². The van der Waals surface area contributed by atoms with E-state index in [1.54, 1.807) is 21.3 Å². The number of rotatable bonds is 8. The van der Waals surface area contributed by atoms with E-state index in [0.717, 1.165) is 48.5 Å². The number of hydrogen-bond acceptors (Lipinski definition) is 6. The minimum absolute atomic E-state index is 0. The molecular weight excluding hydrogens is 499 g/mol. The fourth-order valence-corrected chi connectivity index (χ4v) is 3.25. The highest BCUT2D eigenvalue weighted by atomic mass is 127. The Morgan fingerprint density at radius 2 is 2.13 bits per heavy atom. The Bertz CT molecular complexity index is 829. The van der Waals surface area contributed by atoms with E-state index in [9.17, 15) is 0 Å². The number of aryl methyl sites for hydroxylation is 1. The van der Waals surface area contributed by atoms with E-state index in [0.29, 0.717) is 13.2 Å². The van der Waals surface area contributed by atoms with E-state index in [1.807, 2.05) is 35.9 Å². The zero-order valence-corrected chi connectivity index (χ0v) is 20.3. The highest BCUT2D eigenvalue weighted by molar-refractivity contribution is 14.0. The molecular formula is C20H31IN6O3. The number of fused-ring (bicyclic) bond motifs is 1. The molecule has 0 saturated carbocycles. The molecule has 0 saturated heterocycles. The van der Waals surface area contributed by atoms with Crippen LogP contribution in [0.15, 0.2) is 29.3 Å². The maximum absolute atomic E-state index is 5.95. The predicted molar refractivity (Wildman–Crippen MR) is 126 cm³/mol. The third kappa shape index (κ3) is 6.73. The van der Waals surface area contributed by atoms with Crippen LogP contribution in [0.3, 0.4) is 0 Å². The zero-order valence-electron chi connectivity index (χ0n) is 17.9. The summed E-state index contributed by atoms with van der Waals surface area (Å²) < 4.78 is 18.3. The van der Waals surface area contributed by atoms with Crippen LogP contribution in [-0.2, 0) is 24.3 Å². The van der Waals surface area contributed by atoms with Crippen LogP contribution in [0.4, 0.5) is 0 Å². The highest BCUT2D eigenvalue weighted by Crippen LogP contribution is 2.19. The summed E-state index contributed by atoms with van der Waals surface area (Å²) in [5.41, 5.74) is 0. The average molecular weight is 530 g/mol. The lowest BCUT2D eigenvalue weighted by atomic mass is 10.1. The van der Waals surface area contributed by atoms with Gasteiger partial charge in [0, 0.05) is 32.7 Å². The van der Waals surface area contributed by atoms with E-state index in [-0.39, 0.29) is 36.1 Å². The van der Waals surface area contributed by atoms with E-state index < -0.39 is 0 Å². The van der Waals surface area contributed by atoms with Gasteiger partial charge < -0.3 is 24.8 Å². The number of guanidine groups is 1. The summed E-state index contributed by atoms with van der Waals surface area (Å²) in [7, 11) is 5.06. The van der Waals surface area contributed by atoms with Crippen molar-refractivity contribution in [2.24, 2.45) is 4.99 Å². The summed E-state index contributed by atoms with van der Waals surface area (Å²) in [6.07, 6.45) is 1.81. The van der Waals surface area contributed by atoms with Crippen molar-refractivity contribution in [1.82, 2.24) is 25.4 Å². The first-order chi connectivity index (χ1) is 14.1. The summed E-state index contributed by atoms with van der Waals surface area (Å²) in [5.74, 6) is 4.04. The molecule has 0 aliphatic carbocycles. The van der Waals surface area contributed by atoms with Gasteiger partial charge in [0.2, 0.25) is 0 Å². The molecule has 1 aromatic heterocycles. The third-order valence-corrected chi connectivity index (χ3v) is 4.68. The quantitative estimate of drug-likeness (QED) is 0.306. The molecule has 1 aliphatic heterocycles. The number of ether oxygens (including phenoxy) is 3. The van der Waals surface area contributed by atoms with Gasteiger partial charge in [-0.15, -0.1) is 24.0 Å². The SMILES string of the molecule is CN=C(NCC(C)Oc1cccc(OC)c1)NC1CCc2nc(COC)nn2C1.I. The van der Waals surface area contributed by atoms with E-state index >= 15 is 0 Å². The van der Waals surface area contributed by atoms with Gasteiger partial charge in [-0.2, -0.15) is 5.10 Å². The van der Waals surface area contributed by atoms with E-state index in [2.05, 4.69) is 25.7 Å². The second-order valence-electron chi connectivity index (χ2n) is 7.00. The smallest absolute Gasteiger partial charge is 0.191 e. The fourth-order valence-electron chi connectivity index (χ4n) is 3.25. The van der Waals surface area contributed by atoms with Crippen molar-refractivity contribution in [2.45, 2.75) is 45.1 Å². The minimum atomic E-state index is -0.0365. The molecule has 2 atom stereocenters. The first kappa shape index (κ1) is 24.2. The summed E-state index contributed by atoms with van der Waals surface area (Å²) in [6.45, 7) is 3.82. The molecule has 0 fully saturated rings. The van der Waals surface area contributed by atoms with Gasteiger partial charge in [-0.25, -0.2) is 9.67 Å². The lowest BCUT2D eigenvalue weighted by molar-refractivity contribution is 0.177. The lowest BCUT2D eigenvalue weighted by Gasteiger charge is -2.26. The Morgan fingerprint density at radius 1 is 1.33 bits per heavy atom. The van der Waals surface area contributed by atoms with Gasteiger partial charge in [-0.3, -0.25) is 4.99 Å². The summed E-state index contributed by atoms with van der Waals surface area (Å²) in [6, 6.07) is 7.83. The van der Waals surface area contributed by atoms with E-state index in [4.69, 9.17) is 14.2 Å². The standard InChI is InChI=1S/C20H30N6O3.HI/c1-14(29-17-7-5-6-16(10-17)28-4)11-22-20(21-2)23-15-8-9-19-24-18(13-27-3)25-26(19)12-15;/h5-7,10,14-15H,8-9,11-13H2,1-4H3,(H2,21,22,23);1H. The number of aromatic nitrogens is 3. The maximum atomic E-state index is 5.95. The van der Waals surface area contributed by atoms with Crippen LogP contribution in [0.25, 0.3) is 0 Å². The van der Waals surface area contributed by atoms with Crippen molar-refractivity contribution in [3.63, 3.8) is 0 Å². The normalized spacial score (nSPS) is 16.8. The number of benzene rings is 1. The molecule has 0 bridgehead atoms. The summed E-state index contributed by atoms with van der Waals surface area (Å²) in [5, 5.41) is 11.3. The second kappa shape index (κ2) is 11.9. The van der Waals surface area contributed by atoms with Crippen LogP contribution in [0.5, 0.6) is 11.5 Å². The highest BCUT2D eigenvalue weighted by Gasteiger charge is 2.22. The molecule has 10 heteroatoms. The largest absolute Gasteiger partial charge is 0.497 e. The molecule has 1 aromatic carbocycles. The van der Waals surface area contributed by atoms with Gasteiger partial charge in [-0.1, -0.05) is 6.07 Å². The van der Waals surface area contributed by atoms with Crippen molar-refractivity contribution in [2.75, 3.05) is 27.8 Å². The van der Waals surface area contributed by atoms with Gasteiger partial charge in [0.25, 0.3) is 0 Å². The first-order valence-corrected chi connectivity index (χ1v) is 9.80. The number of hydrogen-bond donors (Lipinski definition) is 2. The lowest BCUT2D eigenvalue weighted by Crippen LogP contribution is -2.48. The molecule has 0 radical (unpaired) electrons. The number of nitrogens with zero attached hydrogens (tertiary/aromatic N) is 4. The maximum Gasteiger partial charge on any atom is 0.191 e. The summed E-state index contributed by atoms with van der Waals surface area (Å²) >= 11 is 0. The Hall–Kier alpha value is -2.08. The van der Waals surface area contributed by atoms with Crippen LogP contribution in [0.1, 0.15) is 25.0 Å². The number of methoxy groups -OCH3 is 2. The predicted octanol–water partition coefficient (Wildman–Crippen LogP) is 2.00. The Labute approximate surface area is 194 Å². The average Bonchev–Trinajstić information content (AvgIpc) is 3.13. The van der Waals surface area contributed by atoms with Gasteiger partial charge in [0.05, 0.1) is 20.2 Å². The first-order valence-electron chi connectivity index (χ1n) is 9.80. The van der Waals surface area contributed by atoms with E-state index in [1.165, 1.54) is 0 Å². The van der Waals surface area contributed by atoms with Crippen LogP contribution in [0.2, 0.25) is 0 Å². The molecule has 0 spiro atoms. The van der Waals surface area contributed by atoms with Gasteiger partial charge in [-0.05, 0) is 25.5 Å². The molecule has 1 aliphatic rings. The molecule has 9 nitrogen and oxygen atoms in total. The number of halogens is 1. The molecule has 30 heavy (non-hydrogen) atoms. The van der Waals surface area contributed by atoms with Gasteiger partial charge in [0.15, 0.2) is 11.8 Å². The monoisotopic (exact) mass is 530 g/mol. The van der Waals surface area contributed by atoms with Gasteiger partial charge in [0.1, 0.15) is 30.0 Å². The fraction of sp³-hybridized carbons (Fsp3) is 0.550. The van der Waals surface area contributed by atoms with Crippen LogP contribution in [0, 0.1) is 0 Å². The Balaban J connectivity index is 0.00000320. The number of aliphatic imine (C=N–C) groups is 1. The van der Waals surface area contributed by atoms with Crippen molar-refractivity contribution in [3.05, 3.63) is 35.9 Å². The number of nitrogens with one attached hydrogen (secondary N) is 2. The van der Waals surface area contributed by atoms with Crippen molar-refractivity contribution in [3.8, 4) is 11.5 Å². The second-order valence-corrected chi connectivity index (χ2v) is 7.00. The van der Waals surface area contributed by atoms with Crippen molar-refractivity contribution < 1.29 is 14.2 Å². The van der Waals surface area contributed by atoms with Crippen LogP contribution in [-0.4, -0.2) is 60.7 Å². The molecule has 166 valence electrons. The van der Waals surface area contributed by atoms with Gasteiger partial charge >= 0.3 is 0 Å². The van der Waals surface area contributed by atoms with Crippen LogP contribution < -0.4 is 20.1 Å². The molecule has 2 N–H and O–H groups in total. The van der Waals surface area contributed by atoms with Crippen molar-refractivity contribution in [1.29, 1.82) is 0 Å². The third-order valence-electron chi connectivity index (χ3n) is 4.68. The topological polar surface area (TPSA) is 94.8 Å². The Kier molecular flexibility index (Phi) is 9.63. The molecule has 3 rings (SSSR count). The molecule has 2 unspecified atom stereocenters. The molecule has 2 heterocycles. The molecule has 0 amide bonds. The van der Waals surface area contributed by atoms with Crippen molar-refractivity contribution >= 4 is 29.9 Å².